The molecule has 0 radical (unpaired) electrons. The van der Waals surface area contributed by atoms with E-state index in [0.29, 0.717) is 6.61 Å². The van der Waals surface area contributed by atoms with Gasteiger partial charge in [-0.15, -0.1) is 0 Å². The zero-order valence-electron chi connectivity index (χ0n) is 12.3. The van der Waals surface area contributed by atoms with Crippen molar-refractivity contribution in [2.45, 2.75) is 26.2 Å². The molecular weight excluding hydrogens is 262 g/mol. The Bertz CT molecular complexity index is 566. The summed E-state index contributed by atoms with van der Waals surface area (Å²) in [5.74, 6) is 0. The van der Waals surface area contributed by atoms with E-state index in [1.54, 1.807) is 0 Å². The van der Waals surface area contributed by atoms with Gasteiger partial charge in [0.2, 0.25) is 0 Å². The van der Waals surface area contributed by atoms with Gasteiger partial charge in [0.05, 0.1) is 6.61 Å². The van der Waals surface area contributed by atoms with Crippen LogP contribution in [0.3, 0.4) is 0 Å². The molecule has 0 aliphatic rings. The van der Waals surface area contributed by atoms with E-state index in [0.717, 1.165) is 30.5 Å². The van der Waals surface area contributed by atoms with Crippen LogP contribution in [0.15, 0.2) is 54.6 Å². The van der Waals surface area contributed by atoms with E-state index in [9.17, 15) is 4.79 Å². The monoisotopic (exact) mass is 283 g/mol. The molecule has 0 bridgehead atoms. The van der Waals surface area contributed by atoms with Gasteiger partial charge in [-0.3, -0.25) is 5.32 Å². The molecular formula is C18H21NO2. The Labute approximate surface area is 126 Å². The molecule has 0 atom stereocenters. The fourth-order valence-electron chi connectivity index (χ4n) is 2.07. The van der Waals surface area contributed by atoms with Gasteiger partial charge < -0.3 is 4.74 Å². The largest absolute Gasteiger partial charge is 0.449 e. The molecule has 21 heavy (non-hydrogen) atoms. The SMILES string of the molecule is CCCCOC(=O)Nc1ccccc1Cc1ccccc1. The zero-order valence-corrected chi connectivity index (χ0v) is 12.3. The van der Waals surface area contributed by atoms with Gasteiger partial charge in [0.15, 0.2) is 0 Å². The lowest BCUT2D eigenvalue weighted by Gasteiger charge is -2.11. The number of hydrogen-bond donors (Lipinski definition) is 1. The topological polar surface area (TPSA) is 38.3 Å². The fourth-order valence-corrected chi connectivity index (χ4v) is 2.07. The molecule has 2 aromatic rings. The minimum atomic E-state index is -0.385. The number of ether oxygens (including phenoxy) is 1. The molecule has 110 valence electrons. The third-order valence-corrected chi connectivity index (χ3v) is 3.22. The van der Waals surface area contributed by atoms with Gasteiger partial charge in [0, 0.05) is 5.69 Å². The van der Waals surface area contributed by atoms with Crippen molar-refractivity contribution in [3.05, 3.63) is 65.7 Å². The lowest BCUT2D eigenvalue weighted by molar-refractivity contribution is 0.160. The van der Waals surface area contributed by atoms with E-state index < -0.39 is 0 Å². The maximum absolute atomic E-state index is 11.8. The lowest BCUT2D eigenvalue weighted by Crippen LogP contribution is -2.15. The van der Waals surface area contributed by atoms with Crippen LogP contribution in [-0.2, 0) is 11.2 Å². The van der Waals surface area contributed by atoms with Gasteiger partial charge in [-0.25, -0.2) is 4.79 Å². The van der Waals surface area contributed by atoms with Crippen molar-refractivity contribution in [2.75, 3.05) is 11.9 Å². The number of hydrogen-bond acceptors (Lipinski definition) is 2. The number of amides is 1. The Kier molecular flexibility index (Phi) is 5.83. The molecule has 0 aliphatic carbocycles. The number of carbonyl (C=O) groups excluding carboxylic acids is 1. The van der Waals surface area contributed by atoms with Crippen molar-refractivity contribution in [1.82, 2.24) is 0 Å². The summed E-state index contributed by atoms with van der Waals surface area (Å²) in [6.45, 7) is 2.53. The average Bonchev–Trinajstić information content (AvgIpc) is 2.51. The van der Waals surface area contributed by atoms with Crippen LogP contribution < -0.4 is 5.32 Å². The third-order valence-electron chi connectivity index (χ3n) is 3.22. The maximum atomic E-state index is 11.8. The van der Waals surface area contributed by atoms with Gasteiger partial charge in [-0.1, -0.05) is 61.9 Å². The first-order valence-electron chi connectivity index (χ1n) is 7.35. The summed E-state index contributed by atoms with van der Waals surface area (Å²) in [6, 6.07) is 18.0. The Morgan fingerprint density at radius 2 is 1.76 bits per heavy atom. The summed E-state index contributed by atoms with van der Waals surface area (Å²) >= 11 is 0. The van der Waals surface area contributed by atoms with Crippen molar-refractivity contribution >= 4 is 11.8 Å². The van der Waals surface area contributed by atoms with E-state index in [-0.39, 0.29) is 6.09 Å². The normalized spacial score (nSPS) is 10.1. The van der Waals surface area contributed by atoms with E-state index in [2.05, 4.69) is 24.4 Å². The molecule has 2 rings (SSSR count). The average molecular weight is 283 g/mol. The Morgan fingerprint density at radius 1 is 1.05 bits per heavy atom. The molecule has 0 aliphatic heterocycles. The maximum Gasteiger partial charge on any atom is 0.411 e. The molecule has 0 spiro atoms. The van der Waals surface area contributed by atoms with E-state index in [1.807, 2.05) is 42.5 Å². The first kappa shape index (κ1) is 15.1. The number of para-hydroxylation sites is 1. The van der Waals surface area contributed by atoms with Crippen LogP contribution in [0.25, 0.3) is 0 Å². The Hall–Kier alpha value is -2.29. The summed E-state index contributed by atoms with van der Waals surface area (Å²) in [7, 11) is 0. The molecule has 0 unspecified atom stereocenters. The molecule has 0 fully saturated rings. The van der Waals surface area contributed by atoms with Crippen LogP contribution in [0.5, 0.6) is 0 Å². The molecule has 0 saturated heterocycles. The van der Waals surface area contributed by atoms with Gasteiger partial charge in [-0.2, -0.15) is 0 Å². The number of anilines is 1. The first-order chi connectivity index (χ1) is 10.3. The van der Waals surface area contributed by atoms with E-state index in [4.69, 9.17) is 4.74 Å². The Morgan fingerprint density at radius 3 is 2.52 bits per heavy atom. The van der Waals surface area contributed by atoms with Crippen LogP contribution in [-0.4, -0.2) is 12.7 Å². The number of nitrogens with one attached hydrogen (secondary N) is 1. The number of rotatable bonds is 6. The molecule has 3 heteroatoms. The first-order valence-corrected chi connectivity index (χ1v) is 7.35. The van der Waals surface area contributed by atoms with Crippen molar-refractivity contribution < 1.29 is 9.53 Å². The van der Waals surface area contributed by atoms with Crippen molar-refractivity contribution in [3.63, 3.8) is 0 Å². The number of unbranched alkanes of at least 4 members (excludes halogenated alkanes) is 1. The Balaban J connectivity index is 2.01. The summed E-state index contributed by atoms with van der Waals surface area (Å²) in [6.07, 6.45) is 2.30. The minimum Gasteiger partial charge on any atom is -0.449 e. The van der Waals surface area contributed by atoms with Gasteiger partial charge in [0.1, 0.15) is 0 Å². The van der Waals surface area contributed by atoms with E-state index in [1.165, 1.54) is 5.56 Å². The summed E-state index contributed by atoms with van der Waals surface area (Å²) in [5, 5.41) is 2.83. The third kappa shape index (κ3) is 4.95. The highest BCUT2D eigenvalue weighted by Gasteiger charge is 2.07. The molecule has 0 aromatic heterocycles. The quantitative estimate of drug-likeness (QED) is 0.785. The molecule has 0 saturated carbocycles. The standard InChI is InChI=1S/C18H21NO2/c1-2-3-13-21-18(20)19-17-12-8-7-11-16(17)14-15-9-5-4-6-10-15/h4-12H,2-3,13-14H2,1H3,(H,19,20). The molecule has 0 heterocycles. The van der Waals surface area contributed by atoms with Crippen LogP contribution >= 0.6 is 0 Å². The van der Waals surface area contributed by atoms with Crippen LogP contribution in [0.4, 0.5) is 10.5 Å². The highest BCUT2D eigenvalue weighted by Crippen LogP contribution is 2.19. The second-order valence-corrected chi connectivity index (χ2v) is 4.93. The molecule has 2 aromatic carbocycles. The predicted molar refractivity (Wildman–Crippen MR) is 85.6 cm³/mol. The van der Waals surface area contributed by atoms with Crippen molar-refractivity contribution in [1.29, 1.82) is 0 Å². The molecule has 1 amide bonds. The number of benzene rings is 2. The van der Waals surface area contributed by atoms with Crippen LogP contribution in [0.2, 0.25) is 0 Å². The van der Waals surface area contributed by atoms with Gasteiger partial charge in [-0.05, 0) is 30.0 Å². The lowest BCUT2D eigenvalue weighted by atomic mass is 10.0. The smallest absolute Gasteiger partial charge is 0.411 e. The van der Waals surface area contributed by atoms with Crippen LogP contribution in [0, 0.1) is 0 Å². The second-order valence-electron chi connectivity index (χ2n) is 4.93. The number of carbonyl (C=O) groups is 1. The van der Waals surface area contributed by atoms with Crippen molar-refractivity contribution in [2.24, 2.45) is 0 Å². The summed E-state index contributed by atoms with van der Waals surface area (Å²) < 4.78 is 5.14. The van der Waals surface area contributed by atoms with Crippen LogP contribution in [0.1, 0.15) is 30.9 Å². The van der Waals surface area contributed by atoms with Gasteiger partial charge in [0.25, 0.3) is 0 Å². The highest BCUT2D eigenvalue weighted by atomic mass is 16.5. The van der Waals surface area contributed by atoms with E-state index >= 15 is 0 Å². The molecule has 1 N–H and O–H groups in total. The second kappa shape index (κ2) is 8.10. The minimum absolute atomic E-state index is 0.385. The fraction of sp³-hybridized carbons (Fsp3) is 0.278. The zero-order chi connectivity index (χ0) is 14.9. The van der Waals surface area contributed by atoms with Crippen molar-refractivity contribution in [3.8, 4) is 0 Å². The van der Waals surface area contributed by atoms with Gasteiger partial charge >= 0.3 is 6.09 Å². The molecule has 3 nitrogen and oxygen atoms in total. The predicted octanol–water partition coefficient (Wildman–Crippen LogP) is 4.63. The summed E-state index contributed by atoms with van der Waals surface area (Å²) in [5.41, 5.74) is 3.10. The summed E-state index contributed by atoms with van der Waals surface area (Å²) in [4.78, 5) is 11.8. The highest BCUT2D eigenvalue weighted by molar-refractivity contribution is 5.85.